The summed E-state index contributed by atoms with van der Waals surface area (Å²) in [5.41, 5.74) is 0.821. The Hall–Kier alpha value is -0.820. The molecular formula is C15H22O. The third-order valence-electron chi connectivity index (χ3n) is 3.88. The summed E-state index contributed by atoms with van der Waals surface area (Å²) in [4.78, 5) is 0. The molecule has 1 fully saturated rings. The third kappa shape index (κ3) is 2.85. The van der Waals surface area contributed by atoms with Crippen LogP contribution in [0.1, 0.15) is 44.6 Å². The van der Waals surface area contributed by atoms with Gasteiger partial charge in [-0.1, -0.05) is 56.5 Å². The van der Waals surface area contributed by atoms with Gasteiger partial charge in [-0.25, -0.2) is 0 Å². The molecule has 2 rings (SSSR count). The van der Waals surface area contributed by atoms with Gasteiger partial charge in [-0.3, -0.25) is 0 Å². The molecule has 0 amide bonds. The van der Waals surface area contributed by atoms with Crippen LogP contribution in [0.15, 0.2) is 30.3 Å². The van der Waals surface area contributed by atoms with Crippen LogP contribution in [0, 0.1) is 5.92 Å². The fraction of sp³-hybridized carbons (Fsp3) is 0.600. The Bertz CT molecular complexity index is 319. The molecule has 0 heterocycles. The third-order valence-corrected chi connectivity index (χ3v) is 3.88. The minimum atomic E-state index is -0.444. The van der Waals surface area contributed by atoms with Crippen LogP contribution in [0.4, 0.5) is 0 Å². The molecule has 1 nitrogen and oxygen atoms in total. The molecule has 0 radical (unpaired) electrons. The maximum Gasteiger partial charge on any atom is 0.0690 e. The van der Waals surface area contributed by atoms with Crippen LogP contribution in [0.2, 0.25) is 0 Å². The van der Waals surface area contributed by atoms with Gasteiger partial charge in [0.2, 0.25) is 0 Å². The van der Waals surface area contributed by atoms with Crippen LogP contribution in [0.3, 0.4) is 0 Å². The summed E-state index contributed by atoms with van der Waals surface area (Å²) in [6.07, 6.45) is 6.47. The Kier molecular flexibility index (Phi) is 3.65. The van der Waals surface area contributed by atoms with E-state index >= 15 is 0 Å². The van der Waals surface area contributed by atoms with Crippen LogP contribution in [-0.4, -0.2) is 10.7 Å². The summed E-state index contributed by atoms with van der Waals surface area (Å²) in [6, 6.07) is 10.4. The van der Waals surface area contributed by atoms with Crippen LogP contribution < -0.4 is 0 Å². The van der Waals surface area contributed by atoms with Gasteiger partial charge in [0.1, 0.15) is 0 Å². The van der Waals surface area contributed by atoms with Crippen molar-refractivity contribution < 1.29 is 5.11 Å². The molecule has 1 heteroatoms. The lowest BCUT2D eigenvalue weighted by molar-refractivity contribution is -0.0161. The number of hydrogen-bond acceptors (Lipinski definition) is 1. The van der Waals surface area contributed by atoms with E-state index in [2.05, 4.69) is 31.2 Å². The highest BCUT2D eigenvalue weighted by atomic mass is 16.3. The van der Waals surface area contributed by atoms with Gasteiger partial charge < -0.3 is 5.11 Å². The summed E-state index contributed by atoms with van der Waals surface area (Å²) in [5, 5.41) is 10.6. The number of aliphatic hydroxyl groups is 1. The lowest BCUT2D eigenvalue weighted by Crippen LogP contribution is -2.37. The number of rotatable bonds is 3. The Morgan fingerprint density at radius 3 is 2.75 bits per heavy atom. The largest absolute Gasteiger partial charge is 0.390 e. The van der Waals surface area contributed by atoms with Crippen molar-refractivity contribution in [2.45, 2.75) is 51.0 Å². The molecule has 2 unspecified atom stereocenters. The minimum absolute atomic E-state index is 0.444. The SMILES string of the molecule is CCC1CCCC(O)(Cc2ccccc2)C1. The summed E-state index contributed by atoms with van der Waals surface area (Å²) < 4.78 is 0. The molecule has 88 valence electrons. The average molecular weight is 218 g/mol. The van der Waals surface area contributed by atoms with E-state index in [1.807, 2.05) is 6.07 Å². The van der Waals surface area contributed by atoms with E-state index in [4.69, 9.17) is 0 Å². The first-order valence-electron chi connectivity index (χ1n) is 6.48. The van der Waals surface area contributed by atoms with Crippen molar-refractivity contribution in [3.63, 3.8) is 0 Å². The van der Waals surface area contributed by atoms with E-state index < -0.39 is 5.60 Å². The molecule has 0 bridgehead atoms. The fourth-order valence-electron chi connectivity index (χ4n) is 2.95. The van der Waals surface area contributed by atoms with Crippen molar-refractivity contribution in [3.8, 4) is 0 Å². The molecule has 16 heavy (non-hydrogen) atoms. The van der Waals surface area contributed by atoms with E-state index in [0.717, 1.165) is 25.2 Å². The van der Waals surface area contributed by atoms with Crippen molar-refractivity contribution in [1.29, 1.82) is 0 Å². The molecule has 0 aliphatic heterocycles. The Morgan fingerprint density at radius 2 is 2.06 bits per heavy atom. The summed E-state index contributed by atoms with van der Waals surface area (Å²) in [5.74, 6) is 0.725. The molecule has 1 aliphatic rings. The maximum atomic E-state index is 10.6. The van der Waals surface area contributed by atoms with Gasteiger partial charge >= 0.3 is 0 Å². The lowest BCUT2D eigenvalue weighted by atomic mass is 9.74. The monoisotopic (exact) mass is 218 g/mol. The van der Waals surface area contributed by atoms with E-state index in [0.29, 0.717) is 0 Å². The van der Waals surface area contributed by atoms with Gasteiger partial charge in [-0.05, 0) is 24.3 Å². The Labute approximate surface area is 98.5 Å². The van der Waals surface area contributed by atoms with Crippen LogP contribution in [0.25, 0.3) is 0 Å². The second-order valence-electron chi connectivity index (χ2n) is 5.26. The number of hydrogen-bond donors (Lipinski definition) is 1. The van der Waals surface area contributed by atoms with Crippen molar-refractivity contribution in [2.75, 3.05) is 0 Å². The van der Waals surface area contributed by atoms with Gasteiger partial charge in [-0.15, -0.1) is 0 Å². The smallest absolute Gasteiger partial charge is 0.0690 e. The van der Waals surface area contributed by atoms with Gasteiger partial charge in [0.25, 0.3) is 0 Å². The first-order chi connectivity index (χ1) is 7.72. The maximum absolute atomic E-state index is 10.6. The van der Waals surface area contributed by atoms with Crippen LogP contribution in [0.5, 0.6) is 0 Å². The van der Waals surface area contributed by atoms with Crippen molar-refractivity contribution in [1.82, 2.24) is 0 Å². The molecule has 1 aromatic carbocycles. The van der Waals surface area contributed by atoms with Gasteiger partial charge in [0.05, 0.1) is 5.60 Å². The van der Waals surface area contributed by atoms with E-state index in [-0.39, 0.29) is 0 Å². The lowest BCUT2D eigenvalue weighted by Gasteiger charge is -2.36. The molecule has 0 saturated heterocycles. The molecule has 1 aliphatic carbocycles. The molecule has 0 aromatic heterocycles. The highest BCUT2D eigenvalue weighted by Crippen LogP contribution is 2.36. The summed E-state index contributed by atoms with van der Waals surface area (Å²) in [6.45, 7) is 2.24. The van der Waals surface area contributed by atoms with Crippen LogP contribution >= 0.6 is 0 Å². The first kappa shape index (κ1) is 11.7. The summed E-state index contributed by atoms with van der Waals surface area (Å²) in [7, 11) is 0. The van der Waals surface area contributed by atoms with E-state index in [9.17, 15) is 5.11 Å². The predicted molar refractivity (Wildman–Crippen MR) is 67.3 cm³/mol. The topological polar surface area (TPSA) is 20.2 Å². The Balaban J connectivity index is 2.02. The second kappa shape index (κ2) is 5.01. The zero-order valence-corrected chi connectivity index (χ0v) is 10.2. The quantitative estimate of drug-likeness (QED) is 0.822. The van der Waals surface area contributed by atoms with Crippen LogP contribution in [-0.2, 0) is 6.42 Å². The normalized spacial score (nSPS) is 30.2. The highest BCUT2D eigenvalue weighted by Gasteiger charge is 2.33. The predicted octanol–water partition coefficient (Wildman–Crippen LogP) is 3.56. The standard InChI is InChI=1S/C15H22O/c1-2-13-9-6-10-15(16,11-13)12-14-7-4-3-5-8-14/h3-5,7-8,13,16H,2,6,9-12H2,1H3. The first-order valence-corrected chi connectivity index (χ1v) is 6.48. The van der Waals surface area contributed by atoms with Gasteiger partial charge in [-0.2, -0.15) is 0 Å². The molecule has 1 saturated carbocycles. The summed E-state index contributed by atoms with van der Waals surface area (Å²) >= 11 is 0. The molecule has 2 atom stereocenters. The minimum Gasteiger partial charge on any atom is -0.390 e. The fourth-order valence-corrected chi connectivity index (χ4v) is 2.95. The second-order valence-corrected chi connectivity index (χ2v) is 5.26. The zero-order valence-electron chi connectivity index (χ0n) is 10.2. The average Bonchev–Trinajstić information content (AvgIpc) is 2.29. The van der Waals surface area contributed by atoms with Gasteiger partial charge in [0.15, 0.2) is 0 Å². The number of benzene rings is 1. The molecule has 1 N–H and O–H groups in total. The van der Waals surface area contributed by atoms with Gasteiger partial charge in [0, 0.05) is 6.42 Å². The van der Waals surface area contributed by atoms with E-state index in [1.165, 1.54) is 24.8 Å². The zero-order chi connectivity index (χ0) is 11.4. The van der Waals surface area contributed by atoms with E-state index in [1.54, 1.807) is 0 Å². The van der Waals surface area contributed by atoms with Crippen molar-refractivity contribution in [3.05, 3.63) is 35.9 Å². The molecule has 1 aromatic rings. The highest BCUT2D eigenvalue weighted by molar-refractivity contribution is 5.17. The molecule has 0 spiro atoms. The molecular weight excluding hydrogens is 196 g/mol. The Morgan fingerprint density at radius 1 is 1.31 bits per heavy atom. The van der Waals surface area contributed by atoms with Crippen molar-refractivity contribution in [2.24, 2.45) is 5.92 Å². The van der Waals surface area contributed by atoms with Crippen molar-refractivity contribution >= 4 is 0 Å².